The Hall–Kier alpha value is -3.79. The van der Waals surface area contributed by atoms with E-state index in [1.165, 1.54) is 0 Å². The lowest BCUT2D eigenvalue weighted by molar-refractivity contribution is 0.0947. The Morgan fingerprint density at radius 2 is 2.00 bits per heavy atom. The van der Waals surface area contributed by atoms with Gasteiger partial charge in [-0.05, 0) is 52.9 Å². The second kappa shape index (κ2) is 11.3. The summed E-state index contributed by atoms with van der Waals surface area (Å²) in [6.07, 6.45) is 4.98. The van der Waals surface area contributed by atoms with Crippen LogP contribution >= 0.6 is 15.9 Å². The summed E-state index contributed by atoms with van der Waals surface area (Å²) in [7, 11) is 3.26. The predicted octanol–water partition coefficient (Wildman–Crippen LogP) is 5.59. The summed E-state index contributed by atoms with van der Waals surface area (Å²) in [6, 6.07) is 15.5. The molecule has 4 aromatic rings. The van der Waals surface area contributed by atoms with Crippen LogP contribution in [0.1, 0.15) is 35.7 Å². The number of hydrogen-bond donors (Lipinski definition) is 2. The summed E-state index contributed by atoms with van der Waals surface area (Å²) in [4.78, 5) is 23.3. The van der Waals surface area contributed by atoms with E-state index in [-0.39, 0.29) is 12.0 Å². The third-order valence-corrected chi connectivity index (χ3v) is 7.68. The molecule has 0 bridgehead atoms. The van der Waals surface area contributed by atoms with E-state index in [1.807, 2.05) is 59.1 Å². The lowest BCUT2D eigenvalue weighted by atomic mass is 9.84. The van der Waals surface area contributed by atoms with E-state index < -0.39 is 6.09 Å². The van der Waals surface area contributed by atoms with Crippen LogP contribution in [0.15, 0.2) is 65.5 Å². The molecule has 1 amide bonds. The van der Waals surface area contributed by atoms with E-state index in [9.17, 15) is 9.90 Å². The van der Waals surface area contributed by atoms with Gasteiger partial charge in [-0.15, -0.1) is 0 Å². The van der Waals surface area contributed by atoms with Gasteiger partial charge in [0.05, 0.1) is 14.2 Å². The molecular formula is C28H30BrN5O4. The molecule has 2 aromatic heterocycles. The van der Waals surface area contributed by atoms with Crippen molar-refractivity contribution in [3.05, 3.63) is 82.5 Å². The first-order valence-corrected chi connectivity index (χ1v) is 13.3. The number of nitrogens with one attached hydrogen (secondary N) is 1. The van der Waals surface area contributed by atoms with Crippen molar-refractivity contribution in [2.24, 2.45) is 0 Å². The number of hydrogen-bond acceptors (Lipinski definition) is 6. The third kappa shape index (κ3) is 5.13. The fraction of sp³-hybridized carbons (Fsp3) is 0.321. The van der Waals surface area contributed by atoms with Crippen molar-refractivity contribution < 1.29 is 19.4 Å². The zero-order chi connectivity index (χ0) is 26.6. The molecule has 1 fully saturated rings. The minimum absolute atomic E-state index is 0.0733. The molecule has 10 heteroatoms. The van der Waals surface area contributed by atoms with Crippen LogP contribution in [-0.4, -0.2) is 57.3 Å². The van der Waals surface area contributed by atoms with Gasteiger partial charge in [-0.1, -0.05) is 30.3 Å². The molecule has 0 radical (unpaired) electrons. The van der Waals surface area contributed by atoms with Gasteiger partial charge < -0.3 is 24.8 Å². The third-order valence-electron chi connectivity index (χ3n) is 7.12. The zero-order valence-electron chi connectivity index (χ0n) is 21.3. The number of amides is 1. The molecule has 5 rings (SSSR count). The largest absolute Gasteiger partial charge is 0.497 e. The first-order chi connectivity index (χ1) is 18.5. The van der Waals surface area contributed by atoms with Gasteiger partial charge in [-0.25, -0.2) is 14.8 Å². The van der Waals surface area contributed by atoms with Gasteiger partial charge in [-0.3, -0.25) is 4.40 Å². The van der Waals surface area contributed by atoms with Crippen molar-refractivity contribution >= 4 is 33.4 Å². The SMILES string of the molecule is COc1ccc(CNc2nccn3c(C4CCCN(C(=O)O)C4Cc4ccccc4)nc(Br)c23)c(OC)c1. The van der Waals surface area contributed by atoms with E-state index in [4.69, 9.17) is 14.5 Å². The van der Waals surface area contributed by atoms with Gasteiger partial charge in [-0.2, -0.15) is 0 Å². The number of ether oxygens (including phenoxy) is 2. The number of carboxylic acid groups (broad SMARTS) is 1. The average molecular weight is 580 g/mol. The number of likely N-dealkylation sites (tertiary alicyclic amines) is 1. The van der Waals surface area contributed by atoms with Crippen LogP contribution < -0.4 is 14.8 Å². The summed E-state index contributed by atoms with van der Waals surface area (Å²) in [6.45, 7) is 1.01. The normalized spacial score (nSPS) is 17.4. The average Bonchev–Trinajstić information content (AvgIpc) is 3.29. The fourth-order valence-corrected chi connectivity index (χ4v) is 5.85. The van der Waals surface area contributed by atoms with Gasteiger partial charge in [0.2, 0.25) is 0 Å². The minimum atomic E-state index is -0.895. The van der Waals surface area contributed by atoms with Crippen LogP contribution in [0.2, 0.25) is 0 Å². The van der Waals surface area contributed by atoms with Crippen molar-refractivity contribution in [1.82, 2.24) is 19.3 Å². The highest BCUT2D eigenvalue weighted by Gasteiger charge is 2.38. The first kappa shape index (κ1) is 25.8. The Labute approximate surface area is 229 Å². The van der Waals surface area contributed by atoms with Crippen molar-refractivity contribution in [2.75, 3.05) is 26.1 Å². The monoisotopic (exact) mass is 579 g/mol. The Balaban J connectivity index is 1.48. The predicted molar refractivity (Wildman–Crippen MR) is 148 cm³/mol. The maximum absolute atomic E-state index is 12.2. The van der Waals surface area contributed by atoms with Gasteiger partial charge in [0, 0.05) is 49.1 Å². The minimum Gasteiger partial charge on any atom is -0.497 e. The highest BCUT2D eigenvalue weighted by atomic mass is 79.9. The van der Waals surface area contributed by atoms with E-state index in [0.717, 1.165) is 46.8 Å². The van der Waals surface area contributed by atoms with Crippen LogP contribution in [0.3, 0.4) is 0 Å². The maximum Gasteiger partial charge on any atom is 0.407 e. The molecule has 1 aliphatic rings. The second-order valence-electron chi connectivity index (χ2n) is 9.27. The summed E-state index contributed by atoms with van der Waals surface area (Å²) in [5.74, 6) is 2.86. The van der Waals surface area contributed by atoms with Crippen LogP contribution in [0, 0.1) is 0 Å². The van der Waals surface area contributed by atoms with E-state index >= 15 is 0 Å². The molecule has 0 saturated carbocycles. The Kier molecular flexibility index (Phi) is 7.69. The van der Waals surface area contributed by atoms with Crippen molar-refractivity contribution in [3.63, 3.8) is 0 Å². The molecule has 2 unspecified atom stereocenters. The lowest BCUT2D eigenvalue weighted by Gasteiger charge is -2.39. The topological polar surface area (TPSA) is 101 Å². The molecule has 3 heterocycles. The Morgan fingerprint density at radius 3 is 2.74 bits per heavy atom. The summed E-state index contributed by atoms with van der Waals surface area (Å²) in [5.41, 5.74) is 2.87. The number of nitrogens with zero attached hydrogens (tertiary/aromatic N) is 4. The quantitative estimate of drug-likeness (QED) is 0.280. The number of methoxy groups -OCH3 is 2. The number of anilines is 1. The number of carbonyl (C=O) groups is 1. The van der Waals surface area contributed by atoms with E-state index in [2.05, 4.69) is 26.2 Å². The van der Waals surface area contributed by atoms with Crippen LogP contribution in [-0.2, 0) is 13.0 Å². The van der Waals surface area contributed by atoms with Gasteiger partial charge in [0.1, 0.15) is 27.4 Å². The number of fused-ring (bicyclic) bond motifs is 1. The van der Waals surface area contributed by atoms with E-state index in [1.54, 1.807) is 25.3 Å². The maximum atomic E-state index is 12.2. The second-order valence-corrected chi connectivity index (χ2v) is 10.0. The fourth-order valence-electron chi connectivity index (χ4n) is 5.29. The number of benzene rings is 2. The van der Waals surface area contributed by atoms with Gasteiger partial charge >= 0.3 is 6.09 Å². The lowest BCUT2D eigenvalue weighted by Crippen LogP contribution is -2.48. The Morgan fingerprint density at radius 1 is 1.18 bits per heavy atom. The van der Waals surface area contributed by atoms with E-state index in [0.29, 0.717) is 29.9 Å². The highest BCUT2D eigenvalue weighted by Crippen LogP contribution is 2.37. The summed E-state index contributed by atoms with van der Waals surface area (Å²) >= 11 is 3.66. The number of aromatic nitrogens is 3. The van der Waals surface area contributed by atoms with Crippen molar-refractivity contribution in [2.45, 2.75) is 37.8 Å². The molecule has 0 spiro atoms. The molecule has 38 heavy (non-hydrogen) atoms. The molecule has 9 nitrogen and oxygen atoms in total. The number of piperidine rings is 1. The molecule has 2 aromatic carbocycles. The van der Waals surface area contributed by atoms with Crippen LogP contribution in [0.25, 0.3) is 5.52 Å². The summed E-state index contributed by atoms with van der Waals surface area (Å²) < 4.78 is 13.5. The highest BCUT2D eigenvalue weighted by molar-refractivity contribution is 9.10. The Bertz CT molecular complexity index is 1430. The smallest absolute Gasteiger partial charge is 0.407 e. The van der Waals surface area contributed by atoms with Gasteiger partial charge in [0.25, 0.3) is 0 Å². The molecule has 1 saturated heterocycles. The molecule has 0 aliphatic carbocycles. The number of imidazole rings is 1. The van der Waals surface area contributed by atoms with Crippen LogP contribution in [0.5, 0.6) is 11.5 Å². The number of rotatable bonds is 8. The molecule has 198 valence electrons. The molecule has 1 aliphatic heterocycles. The summed E-state index contributed by atoms with van der Waals surface area (Å²) in [5, 5.41) is 13.4. The van der Waals surface area contributed by atoms with Crippen molar-refractivity contribution in [3.8, 4) is 11.5 Å². The zero-order valence-corrected chi connectivity index (χ0v) is 22.9. The van der Waals surface area contributed by atoms with Crippen molar-refractivity contribution in [1.29, 1.82) is 0 Å². The number of halogens is 1. The standard InChI is InChI=1S/C28H30BrN5O4/c1-37-20-11-10-19(23(16-20)38-2)17-31-26-24-25(29)32-27(34(24)14-12-30-26)21-9-6-13-33(28(35)36)22(21)15-18-7-4-3-5-8-18/h3-5,7-8,10-12,14,16,21-22H,6,9,13,15,17H2,1-2H3,(H,30,31)(H,35,36). The first-order valence-electron chi connectivity index (χ1n) is 12.5. The molecule has 2 atom stereocenters. The van der Waals surface area contributed by atoms with Gasteiger partial charge in [0.15, 0.2) is 5.82 Å². The molecular weight excluding hydrogens is 550 g/mol. The van der Waals surface area contributed by atoms with Crippen LogP contribution in [0.4, 0.5) is 10.6 Å². The molecule has 2 N–H and O–H groups in total.